The highest BCUT2D eigenvalue weighted by molar-refractivity contribution is 5.80. The van der Waals surface area contributed by atoms with Crippen LogP contribution in [0.1, 0.15) is 98.8 Å². The van der Waals surface area contributed by atoms with E-state index in [-0.39, 0.29) is 23.5 Å². The lowest BCUT2D eigenvalue weighted by atomic mass is 9.43. The Morgan fingerprint density at radius 2 is 1.70 bits per heavy atom. The Morgan fingerprint density at radius 3 is 2.40 bits per heavy atom. The van der Waals surface area contributed by atoms with Gasteiger partial charge in [-0.25, -0.2) is 0 Å². The van der Waals surface area contributed by atoms with E-state index in [1.165, 1.54) is 25.7 Å². The largest absolute Gasteiger partial charge is 0.393 e. The summed E-state index contributed by atoms with van der Waals surface area (Å²) in [4.78, 5) is 12.2. The lowest BCUT2D eigenvalue weighted by molar-refractivity contribution is -0.175. The smallest absolute Gasteiger partial charge is 0.135 e. The van der Waals surface area contributed by atoms with Crippen LogP contribution in [0.15, 0.2) is 0 Å². The molecule has 0 saturated heterocycles. The predicted molar refractivity (Wildman–Crippen MR) is 121 cm³/mol. The average Bonchev–Trinajstić information content (AvgIpc) is 3.06. The number of fused-ring (bicyclic) bond motifs is 5. The van der Waals surface area contributed by atoms with Crippen LogP contribution < -0.4 is 0 Å². The van der Waals surface area contributed by atoms with E-state index in [1.807, 2.05) is 13.8 Å². The second kappa shape index (κ2) is 8.18. The van der Waals surface area contributed by atoms with Gasteiger partial charge in [-0.15, -0.1) is 0 Å². The molecule has 4 aliphatic rings. The third kappa shape index (κ3) is 3.51. The summed E-state index contributed by atoms with van der Waals surface area (Å²) in [5.74, 6) is 4.19. The molecule has 4 rings (SSSR count). The first-order valence-electron chi connectivity index (χ1n) is 13.0. The normalized spacial score (nSPS) is 49.3. The van der Waals surface area contributed by atoms with Crippen LogP contribution in [0.5, 0.6) is 0 Å². The van der Waals surface area contributed by atoms with Crippen LogP contribution in [0.2, 0.25) is 0 Å². The minimum absolute atomic E-state index is 0.0127. The molecule has 3 heteroatoms. The molecule has 2 N–H and O–H groups in total. The lowest BCUT2D eigenvalue weighted by Crippen LogP contribution is -2.58. The van der Waals surface area contributed by atoms with Gasteiger partial charge in [0.2, 0.25) is 0 Å². The van der Waals surface area contributed by atoms with Crippen LogP contribution in [0.3, 0.4) is 0 Å². The molecule has 0 aromatic heterocycles. The zero-order valence-corrected chi connectivity index (χ0v) is 20.1. The molecule has 4 saturated carbocycles. The van der Waals surface area contributed by atoms with Crippen LogP contribution in [0, 0.1) is 52.3 Å². The van der Waals surface area contributed by atoms with E-state index in [4.69, 9.17) is 0 Å². The minimum atomic E-state index is -0.220. The SMILES string of the molecule is CC(C)C(=O)CC[C@@H](C)[C@H]1CC[C@H]2[C@@H]3CCC4CC(O)CC[C@]4(C)[C@H]3CC(O)[C@]12C. The van der Waals surface area contributed by atoms with Gasteiger partial charge in [0.15, 0.2) is 0 Å². The van der Waals surface area contributed by atoms with E-state index < -0.39 is 0 Å². The summed E-state index contributed by atoms with van der Waals surface area (Å²) >= 11 is 0. The first-order chi connectivity index (χ1) is 14.1. The number of aliphatic hydroxyl groups is 2. The second-order valence-electron chi connectivity index (χ2n) is 12.5. The molecule has 0 bridgehead atoms. The van der Waals surface area contributed by atoms with Gasteiger partial charge >= 0.3 is 0 Å². The maximum atomic E-state index is 12.2. The van der Waals surface area contributed by atoms with Gasteiger partial charge in [0.05, 0.1) is 12.2 Å². The molecule has 4 fully saturated rings. The summed E-state index contributed by atoms with van der Waals surface area (Å²) in [6.07, 6.45) is 10.4. The third-order valence-electron chi connectivity index (χ3n) is 11.0. The highest BCUT2D eigenvalue weighted by Crippen LogP contribution is 2.68. The van der Waals surface area contributed by atoms with Crippen LogP contribution in [0.4, 0.5) is 0 Å². The summed E-state index contributed by atoms with van der Waals surface area (Å²) in [5.41, 5.74) is 0.316. The van der Waals surface area contributed by atoms with E-state index in [0.717, 1.165) is 38.0 Å². The topological polar surface area (TPSA) is 57.5 Å². The summed E-state index contributed by atoms with van der Waals surface area (Å²) in [7, 11) is 0. The van der Waals surface area contributed by atoms with Crippen molar-refractivity contribution in [3.63, 3.8) is 0 Å². The Hall–Kier alpha value is -0.410. The number of aliphatic hydroxyl groups excluding tert-OH is 2. The van der Waals surface area contributed by atoms with E-state index in [2.05, 4.69) is 20.8 Å². The fraction of sp³-hybridized carbons (Fsp3) is 0.963. The number of hydrogen-bond acceptors (Lipinski definition) is 3. The Bertz CT molecular complexity index is 644. The molecule has 4 aliphatic carbocycles. The molecular weight excluding hydrogens is 372 g/mol. The first kappa shape index (κ1) is 22.8. The van der Waals surface area contributed by atoms with Gasteiger partial charge in [-0.2, -0.15) is 0 Å². The highest BCUT2D eigenvalue weighted by atomic mass is 16.3. The highest BCUT2D eigenvalue weighted by Gasteiger charge is 2.63. The van der Waals surface area contributed by atoms with Crippen molar-refractivity contribution in [1.82, 2.24) is 0 Å². The van der Waals surface area contributed by atoms with Gasteiger partial charge in [0.25, 0.3) is 0 Å². The quantitative estimate of drug-likeness (QED) is 0.609. The van der Waals surface area contributed by atoms with Gasteiger partial charge in [-0.3, -0.25) is 4.79 Å². The molecule has 0 aromatic carbocycles. The number of Topliss-reactive ketones (excluding diaryl/α,β-unsaturated/α-hetero) is 1. The number of carbonyl (C=O) groups excluding carboxylic acids is 1. The second-order valence-corrected chi connectivity index (χ2v) is 12.5. The fourth-order valence-corrected chi connectivity index (χ4v) is 9.02. The maximum Gasteiger partial charge on any atom is 0.135 e. The van der Waals surface area contributed by atoms with Crippen molar-refractivity contribution in [3.8, 4) is 0 Å². The van der Waals surface area contributed by atoms with Gasteiger partial charge in [0.1, 0.15) is 5.78 Å². The van der Waals surface area contributed by atoms with Gasteiger partial charge in [-0.05, 0) is 104 Å². The Labute approximate surface area is 184 Å². The molecule has 30 heavy (non-hydrogen) atoms. The molecular formula is C27H46O3. The van der Waals surface area contributed by atoms with Crippen molar-refractivity contribution < 1.29 is 15.0 Å². The van der Waals surface area contributed by atoms with Gasteiger partial charge in [0, 0.05) is 12.3 Å². The summed E-state index contributed by atoms with van der Waals surface area (Å²) < 4.78 is 0. The molecule has 172 valence electrons. The van der Waals surface area contributed by atoms with Gasteiger partial charge in [-0.1, -0.05) is 34.6 Å². The van der Waals surface area contributed by atoms with Crippen LogP contribution in [0.25, 0.3) is 0 Å². The van der Waals surface area contributed by atoms with E-state index in [9.17, 15) is 15.0 Å². The molecule has 3 nitrogen and oxygen atoms in total. The Balaban J connectivity index is 1.52. The zero-order valence-electron chi connectivity index (χ0n) is 20.1. The van der Waals surface area contributed by atoms with Crippen LogP contribution >= 0.6 is 0 Å². The van der Waals surface area contributed by atoms with Crippen molar-refractivity contribution >= 4 is 5.78 Å². The van der Waals surface area contributed by atoms with E-state index >= 15 is 0 Å². The third-order valence-corrected chi connectivity index (χ3v) is 11.0. The summed E-state index contributed by atoms with van der Waals surface area (Å²) in [6, 6.07) is 0. The van der Waals surface area contributed by atoms with Crippen molar-refractivity contribution in [2.24, 2.45) is 52.3 Å². The van der Waals surface area contributed by atoms with Crippen molar-refractivity contribution in [2.45, 2.75) is 111 Å². The predicted octanol–water partition coefficient (Wildman–Crippen LogP) is 5.62. The minimum Gasteiger partial charge on any atom is -0.393 e. The molecule has 3 unspecified atom stereocenters. The molecule has 0 spiro atoms. The van der Waals surface area contributed by atoms with Crippen molar-refractivity contribution in [2.75, 3.05) is 0 Å². The average molecular weight is 419 g/mol. The number of ketones is 1. The van der Waals surface area contributed by atoms with Crippen LogP contribution in [-0.2, 0) is 4.79 Å². The lowest BCUT2D eigenvalue weighted by Gasteiger charge is -2.62. The summed E-state index contributed by atoms with van der Waals surface area (Å²) in [5, 5.41) is 21.9. The Kier molecular flexibility index (Phi) is 6.21. The molecule has 10 atom stereocenters. The van der Waals surface area contributed by atoms with Crippen molar-refractivity contribution in [3.05, 3.63) is 0 Å². The monoisotopic (exact) mass is 418 g/mol. The molecule has 0 amide bonds. The number of rotatable bonds is 5. The zero-order chi connectivity index (χ0) is 21.8. The van der Waals surface area contributed by atoms with E-state index in [1.54, 1.807) is 0 Å². The first-order valence-corrected chi connectivity index (χ1v) is 13.0. The summed E-state index contributed by atoms with van der Waals surface area (Å²) in [6.45, 7) is 11.2. The van der Waals surface area contributed by atoms with Gasteiger partial charge < -0.3 is 10.2 Å². The standard InChI is InChI=1S/C27H46O3/c1-16(2)24(29)11-6-17(3)21-9-10-22-20-8-7-18-14-19(28)12-13-26(18,4)23(20)15-25(30)27(21,22)5/h16-23,25,28,30H,6-15H2,1-5H3/t17-,18?,19?,20+,21-,22+,23+,25?,26+,27-/m1/s1. The number of hydrogen-bond donors (Lipinski definition) is 2. The molecule has 0 aromatic rings. The molecule has 0 aliphatic heterocycles. The number of carbonyl (C=O) groups is 1. The molecule has 0 heterocycles. The van der Waals surface area contributed by atoms with Crippen LogP contribution in [-0.4, -0.2) is 28.2 Å². The van der Waals surface area contributed by atoms with Crippen molar-refractivity contribution in [1.29, 1.82) is 0 Å². The molecule has 0 radical (unpaired) electrons. The fourth-order valence-electron chi connectivity index (χ4n) is 9.02. The maximum absolute atomic E-state index is 12.2. The van der Waals surface area contributed by atoms with E-state index in [0.29, 0.717) is 47.2 Å². The Morgan fingerprint density at radius 1 is 0.967 bits per heavy atom.